The molecule has 1 N–H and O–H groups in total. The zero-order chi connectivity index (χ0) is 19.6. The SMILES string of the molecule is S=c1[nH]nc(-c2nc(-c3ccccc3)n(-c3ccccc3)n2)n1-c1ccccc1. The molecule has 0 saturated heterocycles. The van der Waals surface area contributed by atoms with Gasteiger partial charge in [0.2, 0.25) is 11.6 Å². The lowest BCUT2D eigenvalue weighted by Crippen LogP contribution is -2.01. The van der Waals surface area contributed by atoms with Gasteiger partial charge in [-0.1, -0.05) is 66.7 Å². The quantitative estimate of drug-likeness (QED) is 0.441. The van der Waals surface area contributed by atoms with Crippen LogP contribution in [0.3, 0.4) is 0 Å². The minimum atomic E-state index is 0.489. The number of H-pyrrole nitrogens is 1. The predicted molar refractivity (Wildman–Crippen MR) is 115 cm³/mol. The molecule has 5 aromatic rings. The molecular weight excluding hydrogens is 380 g/mol. The topological polar surface area (TPSA) is 64.3 Å². The maximum Gasteiger partial charge on any atom is 0.220 e. The second-order valence-electron chi connectivity index (χ2n) is 6.40. The van der Waals surface area contributed by atoms with E-state index in [0.29, 0.717) is 16.4 Å². The van der Waals surface area contributed by atoms with E-state index in [-0.39, 0.29) is 0 Å². The van der Waals surface area contributed by atoms with Gasteiger partial charge in [-0.15, -0.1) is 5.10 Å². The van der Waals surface area contributed by atoms with E-state index >= 15 is 0 Å². The van der Waals surface area contributed by atoms with Crippen LogP contribution in [-0.4, -0.2) is 29.5 Å². The van der Waals surface area contributed by atoms with Crippen LogP contribution in [0.5, 0.6) is 0 Å². The molecule has 0 fully saturated rings. The Morgan fingerprint density at radius 2 is 1.28 bits per heavy atom. The highest BCUT2D eigenvalue weighted by atomic mass is 32.1. The standard InChI is InChI=1S/C22H16N6S/c29-22-25-24-21(27(22)17-12-6-2-7-13-17)19-23-20(16-10-4-1-5-11-16)28(26-19)18-14-8-3-9-15-18/h1-15H,(H,25,29). The lowest BCUT2D eigenvalue weighted by atomic mass is 10.2. The number of aromatic nitrogens is 6. The molecule has 5 rings (SSSR count). The lowest BCUT2D eigenvalue weighted by Gasteiger charge is -2.05. The first-order chi connectivity index (χ1) is 14.3. The molecule has 0 unspecified atom stereocenters. The summed E-state index contributed by atoms with van der Waals surface area (Å²) in [7, 11) is 0. The van der Waals surface area contributed by atoms with E-state index in [2.05, 4.69) is 10.2 Å². The van der Waals surface area contributed by atoms with Gasteiger partial charge >= 0.3 is 0 Å². The zero-order valence-corrected chi connectivity index (χ0v) is 16.1. The van der Waals surface area contributed by atoms with Crippen molar-refractivity contribution in [3.63, 3.8) is 0 Å². The van der Waals surface area contributed by atoms with Crippen LogP contribution in [0.15, 0.2) is 91.0 Å². The van der Waals surface area contributed by atoms with Gasteiger partial charge in [-0.25, -0.2) is 9.67 Å². The van der Waals surface area contributed by atoms with Gasteiger partial charge in [0, 0.05) is 5.56 Å². The highest BCUT2D eigenvalue weighted by Gasteiger charge is 2.20. The largest absolute Gasteiger partial charge is 0.265 e. The summed E-state index contributed by atoms with van der Waals surface area (Å²) in [5, 5.41) is 12.1. The Kier molecular flexibility index (Phi) is 4.34. The molecule has 0 amide bonds. The molecule has 6 nitrogen and oxygen atoms in total. The Morgan fingerprint density at radius 3 is 1.93 bits per heavy atom. The highest BCUT2D eigenvalue weighted by Crippen LogP contribution is 2.25. The minimum absolute atomic E-state index is 0.489. The van der Waals surface area contributed by atoms with Gasteiger partial charge in [0.25, 0.3) is 0 Å². The number of rotatable bonds is 4. The zero-order valence-electron chi connectivity index (χ0n) is 15.3. The number of para-hydroxylation sites is 2. The molecule has 0 aliphatic rings. The van der Waals surface area contributed by atoms with Crippen LogP contribution in [0, 0.1) is 4.77 Å². The summed E-state index contributed by atoms with van der Waals surface area (Å²) < 4.78 is 4.16. The van der Waals surface area contributed by atoms with Crippen LogP contribution in [-0.2, 0) is 0 Å². The molecular formula is C22H16N6S. The fraction of sp³-hybridized carbons (Fsp3) is 0. The molecule has 140 valence electrons. The molecule has 0 saturated carbocycles. The van der Waals surface area contributed by atoms with Crippen LogP contribution in [0.1, 0.15) is 0 Å². The third-order valence-corrected chi connectivity index (χ3v) is 4.80. The van der Waals surface area contributed by atoms with Crippen molar-refractivity contribution in [2.24, 2.45) is 0 Å². The lowest BCUT2D eigenvalue weighted by molar-refractivity contribution is 0.882. The molecule has 29 heavy (non-hydrogen) atoms. The summed E-state index contributed by atoms with van der Waals surface area (Å²) in [4.78, 5) is 4.83. The second-order valence-corrected chi connectivity index (χ2v) is 6.78. The second kappa shape index (κ2) is 7.29. The van der Waals surface area contributed by atoms with E-state index < -0.39 is 0 Å². The van der Waals surface area contributed by atoms with E-state index in [1.54, 1.807) is 0 Å². The Balaban J connectivity index is 1.73. The molecule has 3 aromatic carbocycles. The fourth-order valence-electron chi connectivity index (χ4n) is 3.19. The fourth-order valence-corrected chi connectivity index (χ4v) is 3.43. The molecule has 7 heteroatoms. The van der Waals surface area contributed by atoms with Gasteiger partial charge in [0.1, 0.15) is 0 Å². The summed E-state index contributed by atoms with van der Waals surface area (Å²) in [6, 6.07) is 29.7. The van der Waals surface area contributed by atoms with Gasteiger partial charge < -0.3 is 0 Å². The van der Waals surface area contributed by atoms with Gasteiger partial charge in [0.15, 0.2) is 10.6 Å². The third-order valence-electron chi connectivity index (χ3n) is 4.53. The molecule has 0 aliphatic carbocycles. The van der Waals surface area contributed by atoms with E-state index in [1.165, 1.54) is 0 Å². The average molecular weight is 396 g/mol. The summed E-state index contributed by atoms with van der Waals surface area (Å²) in [6.45, 7) is 0. The van der Waals surface area contributed by atoms with Crippen LogP contribution >= 0.6 is 12.2 Å². The summed E-state index contributed by atoms with van der Waals surface area (Å²) in [6.07, 6.45) is 0. The maximum atomic E-state index is 5.46. The number of nitrogens with zero attached hydrogens (tertiary/aromatic N) is 5. The van der Waals surface area contributed by atoms with Gasteiger partial charge in [0.05, 0.1) is 11.4 Å². The smallest absolute Gasteiger partial charge is 0.220 e. The number of hydrogen-bond donors (Lipinski definition) is 1. The van der Waals surface area contributed by atoms with Crippen molar-refractivity contribution < 1.29 is 0 Å². The van der Waals surface area contributed by atoms with Crippen molar-refractivity contribution in [1.29, 1.82) is 0 Å². The first kappa shape index (κ1) is 17.3. The summed E-state index contributed by atoms with van der Waals surface area (Å²) in [5.74, 6) is 1.79. The number of benzene rings is 3. The highest BCUT2D eigenvalue weighted by molar-refractivity contribution is 7.71. The van der Waals surface area contributed by atoms with E-state index in [0.717, 1.165) is 22.8 Å². The van der Waals surface area contributed by atoms with Crippen LogP contribution in [0.25, 0.3) is 34.4 Å². The first-order valence-corrected chi connectivity index (χ1v) is 9.53. The van der Waals surface area contributed by atoms with Crippen LogP contribution in [0.4, 0.5) is 0 Å². The molecule has 0 radical (unpaired) electrons. The van der Waals surface area contributed by atoms with Crippen molar-refractivity contribution in [3.05, 3.63) is 95.8 Å². The molecule has 0 bridgehead atoms. The van der Waals surface area contributed by atoms with Gasteiger partial charge in [-0.2, -0.15) is 5.10 Å². The van der Waals surface area contributed by atoms with E-state index in [4.69, 9.17) is 22.3 Å². The monoisotopic (exact) mass is 396 g/mol. The van der Waals surface area contributed by atoms with Crippen molar-refractivity contribution in [2.75, 3.05) is 0 Å². The van der Waals surface area contributed by atoms with Crippen molar-refractivity contribution >= 4 is 12.2 Å². The van der Waals surface area contributed by atoms with Gasteiger partial charge in [-0.3, -0.25) is 9.67 Å². The molecule has 2 aromatic heterocycles. The van der Waals surface area contributed by atoms with Crippen molar-refractivity contribution in [2.45, 2.75) is 0 Å². The number of nitrogens with one attached hydrogen (secondary N) is 1. The average Bonchev–Trinajstić information content (AvgIpc) is 3.39. The molecule has 0 atom stereocenters. The summed E-state index contributed by atoms with van der Waals surface area (Å²) in [5.41, 5.74) is 2.79. The molecule has 2 heterocycles. The molecule has 0 spiro atoms. The van der Waals surface area contributed by atoms with Crippen molar-refractivity contribution in [1.82, 2.24) is 29.5 Å². The van der Waals surface area contributed by atoms with Gasteiger partial charge in [-0.05, 0) is 36.5 Å². The van der Waals surface area contributed by atoms with E-state index in [1.807, 2.05) is 100 Å². The summed E-state index contributed by atoms with van der Waals surface area (Å²) >= 11 is 5.46. The third kappa shape index (κ3) is 3.17. The van der Waals surface area contributed by atoms with E-state index in [9.17, 15) is 0 Å². The van der Waals surface area contributed by atoms with Crippen LogP contribution < -0.4 is 0 Å². The number of aromatic amines is 1. The first-order valence-electron chi connectivity index (χ1n) is 9.12. The molecule has 0 aliphatic heterocycles. The Morgan fingerprint density at radius 1 is 0.690 bits per heavy atom. The maximum absolute atomic E-state index is 5.46. The minimum Gasteiger partial charge on any atom is -0.265 e. The number of hydrogen-bond acceptors (Lipinski definition) is 4. The predicted octanol–water partition coefficient (Wildman–Crippen LogP) is 4.84. The van der Waals surface area contributed by atoms with Crippen LogP contribution in [0.2, 0.25) is 0 Å². The van der Waals surface area contributed by atoms with Crippen molar-refractivity contribution in [3.8, 4) is 34.4 Å². The normalized spacial score (nSPS) is 10.9. The Bertz CT molecular complexity index is 1250. The Hall–Kier alpha value is -3.84. The Labute approximate surface area is 172 Å².